The molecular weight excluding hydrogens is 382 g/mol. The summed E-state index contributed by atoms with van der Waals surface area (Å²) in [5, 5.41) is 0.754. The van der Waals surface area contributed by atoms with Crippen molar-refractivity contribution in [3.8, 4) is 0 Å². The summed E-state index contributed by atoms with van der Waals surface area (Å²) in [6, 6.07) is 15.7. The summed E-state index contributed by atoms with van der Waals surface area (Å²) in [4.78, 5) is 33.4. The quantitative estimate of drug-likeness (QED) is 0.597. The fourth-order valence-electron chi connectivity index (χ4n) is 3.61. The molecule has 2 aromatic carbocycles. The van der Waals surface area contributed by atoms with Crippen molar-refractivity contribution in [3.05, 3.63) is 54.1 Å². The van der Waals surface area contributed by atoms with Crippen LogP contribution < -0.4 is 9.80 Å². The average Bonchev–Trinajstić information content (AvgIpc) is 3.32. The Balaban J connectivity index is 1.52. The molecule has 1 aliphatic rings. The molecule has 150 valence electrons. The number of benzene rings is 2. The molecule has 0 aliphatic carbocycles. The summed E-state index contributed by atoms with van der Waals surface area (Å²) in [6.07, 6.45) is 1.84. The third-order valence-electron chi connectivity index (χ3n) is 5.04. The second-order valence-electron chi connectivity index (χ2n) is 7.85. The first-order valence-electron chi connectivity index (χ1n) is 10.1. The Morgan fingerprint density at radius 3 is 2.59 bits per heavy atom. The number of nitrogens with zero attached hydrogens (tertiary/aromatic N) is 3. The van der Waals surface area contributed by atoms with Crippen LogP contribution in [0.25, 0.3) is 10.2 Å². The van der Waals surface area contributed by atoms with Crippen LogP contribution in [0, 0.1) is 5.92 Å². The molecule has 1 saturated heterocycles. The molecule has 0 saturated carbocycles. The highest BCUT2D eigenvalue weighted by atomic mass is 32.1. The van der Waals surface area contributed by atoms with E-state index in [-0.39, 0.29) is 11.8 Å². The van der Waals surface area contributed by atoms with Crippen LogP contribution in [-0.2, 0) is 16.0 Å². The number of fused-ring (bicyclic) bond motifs is 1. The van der Waals surface area contributed by atoms with Crippen LogP contribution in [0.3, 0.4) is 0 Å². The van der Waals surface area contributed by atoms with E-state index in [9.17, 15) is 9.59 Å². The van der Waals surface area contributed by atoms with Gasteiger partial charge in [-0.25, -0.2) is 4.98 Å². The molecule has 0 bridgehead atoms. The number of carbonyl (C=O) groups is 2. The van der Waals surface area contributed by atoms with Gasteiger partial charge >= 0.3 is 0 Å². The monoisotopic (exact) mass is 407 g/mol. The maximum atomic E-state index is 13.1. The standard InChI is InChI=1S/C23H25N3O2S/c1-16(2)15-26(23-24-19-6-3-4-7-20(19)29-23)22(28)14-17-9-11-18(12-10-17)25-13-5-8-21(25)27/h3-4,6-7,9-12,16H,5,8,13-15H2,1-2H3. The molecular formula is C23H25N3O2S. The van der Waals surface area contributed by atoms with Crippen LogP contribution in [0.4, 0.5) is 10.8 Å². The Morgan fingerprint density at radius 1 is 1.17 bits per heavy atom. The summed E-state index contributed by atoms with van der Waals surface area (Å²) in [5.74, 6) is 0.560. The number of para-hydroxylation sites is 1. The lowest BCUT2D eigenvalue weighted by Crippen LogP contribution is -2.35. The van der Waals surface area contributed by atoms with E-state index in [2.05, 4.69) is 18.8 Å². The summed E-state index contributed by atoms with van der Waals surface area (Å²) < 4.78 is 1.09. The molecule has 5 nitrogen and oxygen atoms in total. The number of thiazole rings is 1. The van der Waals surface area contributed by atoms with Gasteiger partial charge in [0.25, 0.3) is 0 Å². The minimum atomic E-state index is 0.0442. The maximum absolute atomic E-state index is 13.1. The molecule has 4 rings (SSSR count). The normalized spacial score (nSPS) is 14.2. The predicted molar refractivity (Wildman–Crippen MR) is 119 cm³/mol. The van der Waals surface area contributed by atoms with Crippen molar-refractivity contribution < 1.29 is 9.59 Å². The Morgan fingerprint density at radius 2 is 1.93 bits per heavy atom. The molecule has 3 aromatic rings. The molecule has 0 atom stereocenters. The highest BCUT2D eigenvalue weighted by molar-refractivity contribution is 7.22. The van der Waals surface area contributed by atoms with Gasteiger partial charge in [0.1, 0.15) is 0 Å². The smallest absolute Gasteiger partial charge is 0.233 e. The topological polar surface area (TPSA) is 53.5 Å². The number of aromatic nitrogens is 1. The SMILES string of the molecule is CC(C)CN(C(=O)Cc1ccc(N2CCCC2=O)cc1)c1nc2ccccc2s1. The molecule has 1 fully saturated rings. The van der Waals surface area contributed by atoms with Gasteiger partial charge in [-0.2, -0.15) is 0 Å². The van der Waals surface area contributed by atoms with E-state index in [0.717, 1.165) is 39.6 Å². The molecule has 1 aliphatic heterocycles. The second kappa shape index (κ2) is 8.33. The lowest BCUT2D eigenvalue weighted by Gasteiger charge is -2.22. The zero-order valence-corrected chi connectivity index (χ0v) is 17.6. The average molecular weight is 408 g/mol. The first kappa shape index (κ1) is 19.6. The minimum absolute atomic E-state index is 0.0442. The van der Waals surface area contributed by atoms with Crippen LogP contribution >= 0.6 is 11.3 Å². The van der Waals surface area contributed by atoms with Gasteiger partial charge in [-0.15, -0.1) is 0 Å². The largest absolute Gasteiger partial charge is 0.312 e. The van der Waals surface area contributed by atoms with E-state index in [1.165, 1.54) is 0 Å². The lowest BCUT2D eigenvalue weighted by atomic mass is 10.1. The van der Waals surface area contributed by atoms with Gasteiger partial charge in [0.2, 0.25) is 11.8 Å². The molecule has 0 N–H and O–H groups in total. The van der Waals surface area contributed by atoms with Gasteiger partial charge in [0, 0.05) is 25.2 Å². The Kier molecular flexibility index (Phi) is 5.62. The van der Waals surface area contributed by atoms with Crippen molar-refractivity contribution in [2.24, 2.45) is 5.92 Å². The van der Waals surface area contributed by atoms with Crippen LogP contribution in [-0.4, -0.2) is 29.9 Å². The molecule has 6 heteroatoms. The van der Waals surface area contributed by atoms with Crippen LogP contribution in [0.1, 0.15) is 32.3 Å². The number of anilines is 2. The molecule has 0 unspecified atom stereocenters. The summed E-state index contributed by atoms with van der Waals surface area (Å²) in [7, 11) is 0. The van der Waals surface area contributed by atoms with Crippen molar-refractivity contribution in [2.45, 2.75) is 33.1 Å². The predicted octanol–water partition coefficient (Wildman–Crippen LogP) is 4.65. The van der Waals surface area contributed by atoms with Gasteiger partial charge in [-0.05, 0) is 42.2 Å². The Hall–Kier alpha value is -2.73. The fourth-order valence-corrected chi connectivity index (χ4v) is 4.60. The second-order valence-corrected chi connectivity index (χ2v) is 8.86. The highest BCUT2D eigenvalue weighted by Gasteiger charge is 2.23. The van der Waals surface area contributed by atoms with Crippen LogP contribution in [0.2, 0.25) is 0 Å². The fraction of sp³-hybridized carbons (Fsp3) is 0.348. The van der Waals surface area contributed by atoms with E-state index in [1.807, 2.05) is 58.3 Å². The summed E-state index contributed by atoms with van der Waals surface area (Å²) in [5.41, 5.74) is 2.78. The van der Waals surface area contributed by atoms with Crippen molar-refractivity contribution in [3.63, 3.8) is 0 Å². The van der Waals surface area contributed by atoms with Crippen molar-refractivity contribution in [1.29, 1.82) is 0 Å². The van der Waals surface area contributed by atoms with E-state index < -0.39 is 0 Å². The number of hydrogen-bond donors (Lipinski definition) is 0. The highest BCUT2D eigenvalue weighted by Crippen LogP contribution is 2.30. The van der Waals surface area contributed by atoms with Crippen molar-refractivity contribution in [1.82, 2.24) is 4.98 Å². The summed E-state index contributed by atoms with van der Waals surface area (Å²) in [6.45, 7) is 5.63. The lowest BCUT2D eigenvalue weighted by molar-refractivity contribution is -0.118. The van der Waals surface area contributed by atoms with E-state index >= 15 is 0 Å². The van der Waals surface area contributed by atoms with Gasteiger partial charge < -0.3 is 4.90 Å². The molecule has 2 amide bonds. The van der Waals surface area contributed by atoms with E-state index in [1.54, 1.807) is 11.3 Å². The molecule has 0 spiro atoms. The maximum Gasteiger partial charge on any atom is 0.233 e. The first-order chi connectivity index (χ1) is 14.0. The minimum Gasteiger partial charge on any atom is -0.312 e. The number of amides is 2. The zero-order chi connectivity index (χ0) is 20.4. The van der Waals surface area contributed by atoms with Crippen molar-refractivity contribution in [2.75, 3.05) is 22.9 Å². The van der Waals surface area contributed by atoms with E-state index in [4.69, 9.17) is 0 Å². The molecule has 0 radical (unpaired) electrons. The zero-order valence-electron chi connectivity index (χ0n) is 16.8. The van der Waals surface area contributed by atoms with Gasteiger partial charge in [0.05, 0.1) is 16.6 Å². The number of rotatable bonds is 6. The Labute approximate surface area is 175 Å². The van der Waals surface area contributed by atoms with E-state index in [0.29, 0.717) is 25.3 Å². The molecule has 1 aromatic heterocycles. The van der Waals surface area contributed by atoms with Gasteiger partial charge in [0.15, 0.2) is 5.13 Å². The van der Waals surface area contributed by atoms with Gasteiger partial charge in [-0.3, -0.25) is 14.5 Å². The summed E-state index contributed by atoms with van der Waals surface area (Å²) >= 11 is 1.56. The third kappa shape index (κ3) is 4.32. The molecule has 29 heavy (non-hydrogen) atoms. The van der Waals surface area contributed by atoms with Gasteiger partial charge in [-0.1, -0.05) is 49.4 Å². The molecule has 2 heterocycles. The first-order valence-corrected chi connectivity index (χ1v) is 10.9. The van der Waals surface area contributed by atoms with Crippen molar-refractivity contribution >= 4 is 44.2 Å². The number of carbonyl (C=O) groups excluding carboxylic acids is 2. The van der Waals surface area contributed by atoms with Crippen LogP contribution in [0.5, 0.6) is 0 Å². The third-order valence-corrected chi connectivity index (χ3v) is 6.10. The Bertz CT molecular complexity index is 993. The number of hydrogen-bond acceptors (Lipinski definition) is 4. The van der Waals surface area contributed by atoms with Crippen LogP contribution in [0.15, 0.2) is 48.5 Å².